The number of ether oxygens (including phenoxy) is 1. The first kappa shape index (κ1) is 16.0. The summed E-state index contributed by atoms with van der Waals surface area (Å²) < 4.78 is 34.0. The Morgan fingerprint density at radius 2 is 2.32 bits per heavy atom. The van der Waals surface area contributed by atoms with Crippen LogP contribution in [0.15, 0.2) is 12.4 Å². The molecule has 1 saturated heterocycles. The number of hydrogen-bond donors (Lipinski definition) is 0. The molecule has 1 aromatic heterocycles. The Bertz CT molecular complexity index is 593. The van der Waals surface area contributed by atoms with E-state index in [9.17, 15) is 8.42 Å². The minimum atomic E-state index is -3.18. The lowest BCUT2D eigenvalue weighted by molar-refractivity contribution is 0.108. The molecule has 0 aromatic carbocycles. The highest BCUT2D eigenvalue weighted by molar-refractivity contribution is 7.89. The SMILES string of the molecule is CN(CC1CCc2nccn2C1)S(=O)(=O)CCC1CCCO1. The van der Waals surface area contributed by atoms with Crippen molar-refractivity contribution in [3.63, 3.8) is 0 Å². The number of hydrogen-bond acceptors (Lipinski definition) is 4. The van der Waals surface area contributed by atoms with Crippen LogP contribution in [-0.2, 0) is 27.7 Å². The Labute approximate surface area is 132 Å². The van der Waals surface area contributed by atoms with E-state index in [1.807, 2.05) is 12.4 Å². The third-order valence-electron chi connectivity index (χ3n) is 4.74. The van der Waals surface area contributed by atoms with Gasteiger partial charge in [0.05, 0.1) is 11.9 Å². The van der Waals surface area contributed by atoms with Crippen LogP contribution < -0.4 is 0 Å². The van der Waals surface area contributed by atoms with Crippen LogP contribution in [0.5, 0.6) is 0 Å². The number of sulfonamides is 1. The van der Waals surface area contributed by atoms with Gasteiger partial charge < -0.3 is 9.30 Å². The van der Waals surface area contributed by atoms with E-state index in [1.54, 1.807) is 7.05 Å². The van der Waals surface area contributed by atoms with Crippen LogP contribution in [0.3, 0.4) is 0 Å². The number of nitrogens with zero attached hydrogens (tertiary/aromatic N) is 3. The van der Waals surface area contributed by atoms with Gasteiger partial charge in [-0.1, -0.05) is 0 Å². The molecule has 124 valence electrons. The van der Waals surface area contributed by atoms with Crippen molar-refractivity contribution in [1.29, 1.82) is 0 Å². The number of imidazole rings is 1. The second-order valence-corrected chi connectivity index (χ2v) is 8.62. The van der Waals surface area contributed by atoms with Crippen molar-refractivity contribution in [2.45, 2.75) is 44.8 Å². The fourth-order valence-electron chi connectivity index (χ4n) is 3.37. The number of fused-ring (bicyclic) bond motifs is 1. The Hall–Kier alpha value is -0.920. The second kappa shape index (κ2) is 6.68. The van der Waals surface area contributed by atoms with E-state index in [-0.39, 0.29) is 11.9 Å². The molecule has 0 radical (unpaired) electrons. The molecule has 3 heterocycles. The summed E-state index contributed by atoms with van der Waals surface area (Å²) in [5.74, 6) is 1.67. The monoisotopic (exact) mass is 327 g/mol. The molecule has 2 aliphatic rings. The van der Waals surface area contributed by atoms with Gasteiger partial charge in [-0.2, -0.15) is 0 Å². The van der Waals surface area contributed by atoms with Gasteiger partial charge in [-0.15, -0.1) is 0 Å². The van der Waals surface area contributed by atoms with Crippen molar-refractivity contribution in [2.24, 2.45) is 5.92 Å². The fourth-order valence-corrected chi connectivity index (χ4v) is 4.68. The number of aromatic nitrogens is 2. The molecule has 3 rings (SSSR count). The smallest absolute Gasteiger partial charge is 0.213 e. The molecule has 0 bridgehead atoms. The molecule has 0 saturated carbocycles. The normalized spacial score (nSPS) is 25.5. The first-order chi connectivity index (χ1) is 10.5. The molecule has 2 unspecified atom stereocenters. The van der Waals surface area contributed by atoms with Crippen LogP contribution >= 0.6 is 0 Å². The zero-order chi connectivity index (χ0) is 15.6. The molecule has 0 amide bonds. The highest BCUT2D eigenvalue weighted by atomic mass is 32.2. The van der Waals surface area contributed by atoms with Gasteiger partial charge >= 0.3 is 0 Å². The predicted octanol–water partition coefficient (Wildman–Crippen LogP) is 1.28. The van der Waals surface area contributed by atoms with Gasteiger partial charge in [-0.3, -0.25) is 0 Å². The third kappa shape index (κ3) is 3.70. The van der Waals surface area contributed by atoms with Gasteiger partial charge in [0, 0.05) is 45.6 Å². The van der Waals surface area contributed by atoms with Crippen LogP contribution in [0.25, 0.3) is 0 Å². The van der Waals surface area contributed by atoms with Crippen molar-refractivity contribution in [2.75, 3.05) is 26.0 Å². The van der Waals surface area contributed by atoms with Crippen molar-refractivity contribution >= 4 is 10.0 Å². The maximum absolute atomic E-state index is 12.4. The largest absolute Gasteiger partial charge is 0.378 e. The zero-order valence-electron chi connectivity index (χ0n) is 13.1. The standard InChI is InChI=1S/C15H25N3O3S/c1-17(22(19,20)10-6-14-3-2-9-21-14)11-13-4-5-15-16-7-8-18(15)12-13/h7-8,13-14H,2-6,9-12H2,1H3. The van der Waals surface area contributed by atoms with Crippen molar-refractivity contribution in [1.82, 2.24) is 13.9 Å². The average molecular weight is 327 g/mol. The molecule has 1 fully saturated rings. The molecule has 0 spiro atoms. The van der Waals surface area contributed by atoms with Crippen LogP contribution in [-0.4, -0.2) is 54.3 Å². The van der Waals surface area contributed by atoms with Gasteiger partial charge in [-0.25, -0.2) is 17.7 Å². The highest BCUT2D eigenvalue weighted by Gasteiger charge is 2.26. The van der Waals surface area contributed by atoms with Gasteiger partial charge in [0.2, 0.25) is 10.0 Å². The summed E-state index contributed by atoms with van der Waals surface area (Å²) in [7, 11) is -1.48. The van der Waals surface area contributed by atoms with E-state index in [2.05, 4.69) is 9.55 Å². The molecular formula is C15H25N3O3S. The molecule has 0 N–H and O–H groups in total. The minimum Gasteiger partial charge on any atom is -0.378 e. The van der Waals surface area contributed by atoms with Crippen molar-refractivity contribution in [3.05, 3.63) is 18.2 Å². The third-order valence-corrected chi connectivity index (χ3v) is 6.60. The summed E-state index contributed by atoms with van der Waals surface area (Å²) in [6.45, 7) is 2.22. The first-order valence-corrected chi connectivity index (χ1v) is 9.71. The topological polar surface area (TPSA) is 64.4 Å². The van der Waals surface area contributed by atoms with E-state index in [1.165, 1.54) is 4.31 Å². The van der Waals surface area contributed by atoms with Crippen LogP contribution in [0.4, 0.5) is 0 Å². The Morgan fingerprint density at radius 1 is 1.45 bits per heavy atom. The Balaban J connectivity index is 1.51. The van der Waals surface area contributed by atoms with Crippen molar-refractivity contribution < 1.29 is 13.2 Å². The maximum atomic E-state index is 12.4. The summed E-state index contributed by atoms with van der Waals surface area (Å²) in [6, 6.07) is 0. The molecule has 0 aliphatic carbocycles. The molecule has 1 aromatic rings. The van der Waals surface area contributed by atoms with Gasteiger partial charge in [0.15, 0.2) is 0 Å². The molecule has 7 heteroatoms. The highest BCUT2D eigenvalue weighted by Crippen LogP contribution is 2.21. The lowest BCUT2D eigenvalue weighted by atomic mass is 10.00. The van der Waals surface area contributed by atoms with E-state index in [0.717, 1.165) is 44.7 Å². The summed E-state index contributed by atoms with van der Waals surface area (Å²) in [5.41, 5.74) is 0. The lowest BCUT2D eigenvalue weighted by Crippen LogP contribution is -2.37. The van der Waals surface area contributed by atoms with Crippen LogP contribution in [0.2, 0.25) is 0 Å². The summed E-state index contributed by atoms with van der Waals surface area (Å²) in [5, 5.41) is 0. The minimum absolute atomic E-state index is 0.131. The first-order valence-electron chi connectivity index (χ1n) is 8.10. The summed E-state index contributed by atoms with van der Waals surface area (Å²) in [4.78, 5) is 4.31. The molecule has 6 nitrogen and oxygen atoms in total. The quantitative estimate of drug-likeness (QED) is 0.789. The second-order valence-electron chi connectivity index (χ2n) is 6.42. The zero-order valence-corrected chi connectivity index (χ0v) is 14.0. The Morgan fingerprint density at radius 3 is 3.09 bits per heavy atom. The van der Waals surface area contributed by atoms with Gasteiger partial charge in [-0.05, 0) is 31.6 Å². The maximum Gasteiger partial charge on any atom is 0.213 e. The van der Waals surface area contributed by atoms with E-state index < -0.39 is 10.0 Å². The Kier molecular flexibility index (Phi) is 4.84. The van der Waals surface area contributed by atoms with E-state index in [4.69, 9.17) is 4.74 Å². The molecule has 22 heavy (non-hydrogen) atoms. The van der Waals surface area contributed by atoms with E-state index in [0.29, 0.717) is 18.9 Å². The van der Waals surface area contributed by atoms with E-state index >= 15 is 0 Å². The lowest BCUT2D eigenvalue weighted by Gasteiger charge is -2.28. The van der Waals surface area contributed by atoms with Crippen molar-refractivity contribution in [3.8, 4) is 0 Å². The summed E-state index contributed by atoms with van der Waals surface area (Å²) >= 11 is 0. The van der Waals surface area contributed by atoms with Crippen LogP contribution in [0, 0.1) is 5.92 Å². The molecular weight excluding hydrogens is 302 g/mol. The molecule has 2 aliphatic heterocycles. The molecule has 2 atom stereocenters. The summed E-state index contributed by atoms with van der Waals surface area (Å²) in [6.07, 6.45) is 8.52. The fraction of sp³-hybridized carbons (Fsp3) is 0.800. The number of rotatable bonds is 6. The van der Waals surface area contributed by atoms with Gasteiger partial charge in [0.1, 0.15) is 5.82 Å². The van der Waals surface area contributed by atoms with Crippen LogP contribution in [0.1, 0.15) is 31.5 Å². The average Bonchev–Trinajstić information content (AvgIpc) is 3.16. The predicted molar refractivity (Wildman–Crippen MR) is 84.0 cm³/mol. The number of aryl methyl sites for hydroxylation is 1. The van der Waals surface area contributed by atoms with Gasteiger partial charge in [0.25, 0.3) is 0 Å².